The number of aryl methyl sites for hydroxylation is 1. The fourth-order valence-corrected chi connectivity index (χ4v) is 1.59. The molecule has 1 amide bonds. The van der Waals surface area contributed by atoms with E-state index >= 15 is 0 Å². The van der Waals surface area contributed by atoms with Gasteiger partial charge in [-0.25, -0.2) is 0 Å². The van der Waals surface area contributed by atoms with Crippen LogP contribution in [0, 0.1) is 6.92 Å². The molecule has 0 aliphatic rings. The normalized spacial score (nSPS) is 10.1. The van der Waals surface area contributed by atoms with E-state index in [1.165, 1.54) is 6.20 Å². The van der Waals surface area contributed by atoms with Crippen LogP contribution in [0.4, 0.5) is 11.4 Å². The summed E-state index contributed by atoms with van der Waals surface area (Å²) in [6.07, 6.45) is 1.53. The molecule has 2 aromatic rings. The molecule has 0 spiro atoms. The largest absolute Gasteiger partial charge is 0.398 e. The SMILES string of the molecule is Cc1ccc(C(=O)Nc2ccc(N)c(Cl)c2)cn1. The maximum atomic E-state index is 11.9. The first-order valence-electron chi connectivity index (χ1n) is 5.35. The molecule has 0 unspecified atom stereocenters. The highest BCUT2D eigenvalue weighted by Crippen LogP contribution is 2.22. The van der Waals surface area contributed by atoms with Gasteiger partial charge in [-0.15, -0.1) is 0 Å². The third kappa shape index (κ3) is 2.78. The molecule has 0 radical (unpaired) electrons. The van der Waals surface area contributed by atoms with Crippen LogP contribution in [0.5, 0.6) is 0 Å². The van der Waals surface area contributed by atoms with Gasteiger partial charge in [0.2, 0.25) is 0 Å². The van der Waals surface area contributed by atoms with Gasteiger partial charge < -0.3 is 11.1 Å². The number of rotatable bonds is 2. The molecule has 4 nitrogen and oxygen atoms in total. The number of benzene rings is 1. The summed E-state index contributed by atoms with van der Waals surface area (Å²) in [6, 6.07) is 8.45. The first-order valence-corrected chi connectivity index (χ1v) is 5.73. The van der Waals surface area contributed by atoms with Crippen LogP contribution >= 0.6 is 11.6 Å². The van der Waals surface area contributed by atoms with E-state index in [0.29, 0.717) is 22.0 Å². The van der Waals surface area contributed by atoms with Gasteiger partial charge in [0, 0.05) is 17.6 Å². The van der Waals surface area contributed by atoms with Crippen LogP contribution in [-0.4, -0.2) is 10.9 Å². The second-order valence-electron chi connectivity index (χ2n) is 3.88. The number of anilines is 2. The Morgan fingerprint density at radius 2 is 2.11 bits per heavy atom. The van der Waals surface area contributed by atoms with Gasteiger partial charge in [0.15, 0.2) is 0 Å². The van der Waals surface area contributed by atoms with Crippen molar-refractivity contribution in [3.63, 3.8) is 0 Å². The Kier molecular flexibility index (Phi) is 3.48. The zero-order valence-corrected chi connectivity index (χ0v) is 10.5. The van der Waals surface area contributed by atoms with Gasteiger partial charge in [0.1, 0.15) is 0 Å². The van der Waals surface area contributed by atoms with Crippen molar-refractivity contribution < 1.29 is 4.79 Å². The van der Waals surface area contributed by atoms with Crippen LogP contribution in [-0.2, 0) is 0 Å². The highest BCUT2D eigenvalue weighted by Gasteiger charge is 2.07. The molecule has 0 aliphatic heterocycles. The first kappa shape index (κ1) is 12.4. The molecule has 2 rings (SSSR count). The number of hydrogen-bond acceptors (Lipinski definition) is 3. The second kappa shape index (κ2) is 5.06. The van der Waals surface area contributed by atoms with Crippen molar-refractivity contribution in [3.05, 3.63) is 52.8 Å². The van der Waals surface area contributed by atoms with Crippen molar-refractivity contribution in [2.24, 2.45) is 0 Å². The molecular formula is C13H12ClN3O. The van der Waals surface area contributed by atoms with E-state index in [4.69, 9.17) is 17.3 Å². The summed E-state index contributed by atoms with van der Waals surface area (Å²) in [5.74, 6) is -0.233. The van der Waals surface area contributed by atoms with Gasteiger partial charge >= 0.3 is 0 Å². The standard InChI is InChI=1S/C13H12ClN3O/c1-8-2-3-9(7-16-8)13(18)17-10-4-5-12(15)11(14)6-10/h2-7H,15H2,1H3,(H,17,18). The maximum absolute atomic E-state index is 11.9. The average Bonchev–Trinajstić information content (AvgIpc) is 2.34. The van der Waals surface area contributed by atoms with Crippen molar-refractivity contribution in [1.82, 2.24) is 4.98 Å². The minimum absolute atomic E-state index is 0.233. The van der Waals surface area contributed by atoms with Crippen molar-refractivity contribution in [1.29, 1.82) is 0 Å². The zero-order valence-electron chi connectivity index (χ0n) is 9.77. The Hall–Kier alpha value is -2.07. The number of nitrogens with zero attached hydrogens (tertiary/aromatic N) is 1. The minimum Gasteiger partial charge on any atom is -0.398 e. The second-order valence-corrected chi connectivity index (χ2v) is 4.29. The van der Waals surface area contributed by atoms with Crippen LogP contribution in [0.1, 0.15) is 16.1 Å². The number of carbonyl (C=O) groups is 1. The molecule has 0 bridgehead atoms. The first-order chi connectivity index (χ1) is 8.56. The van der Waals surface area contributed by atoms with E-state index in [1.807, 2.05) is 6.92 Å². The Labute approximate surface area is 110 Å². The van der Waals surface area contributed by atoms with E-state index in [0.717, 1.165) is 5.69 Å². The lowest BCUT2D eigenvalue weighted by atomic mass is 10.2. The van der Waals surface area contributed by atoms with Crippen LogP contribution in [0.2, 0.25) is 5.02 Å². The molecule has 1 heterocycles. The molecule has 0 saturated heterocycles. The maximum Gasteiger partial charge on any atom is 0.257 e. The summed E-state index contributed by atoms with van der Waals surface area (Å²) in [4.78, 5) is 16.0. The van der Waals surface area contributed by atoms with Crippen LogP contribution in [0.25, 0.3) is 0 Å². The van der Waals surface area contributed by atoms with Crippen molar-refractivity contribution >= 4 is 28.9 Å². The summed E-state index contributed by atoms with van der Waals surface area (Å²) in [5.41, 5.74) is 8.03. The lowest BCUT2D eigenvalue weighted by Crippen LogP contribution is -2.12. The Balaban J connectivity index is 2.16. The summed E-state index contributed by atoms with van der Waals surface area (Å²) in [5, 5.41) is 3.14. The van der Waals surface area contributed by atoms with Gasteiger partial charge in [-0.05, 0) is 37.3 Å². The molecule has 0 atom stereocenters. The van der Waals surface area contributed by atoms with Crippen molar-refractivity contribution in [3.8, 4) is 0 Å². The van der Waals surface area contributed by atoms with Crippen LogP contribution in [0.3, 0.4) is 0 Å². The molecule has 92 valence electrons. The molecule has 0 aliphatic carbocycles. The van der Waals surface area contributed by atoms with Gasteiger partial charge in [-0.2, -0.15) is 0 Å². The number of hydrogen-bond donors (Lipinski definition) is 2. The summed E-state index contributed by atoms with van der Waals surface area (Å²) >= 11 is 5.88. The number of nitrogens with one attached hydrogen (secondary N) is 1. The molecular weight excluding hydrogens is 250 g/mol. The number of nitrogens with two attached hydrogens (primary N) is 1. The highest BCUT2D eigenvalue weighted by molar-refractivity contribution is 6.33. The Morgan fingerprint density at radius 3 is 2.72 bits per heavy atom. The summed E-state index contributed by atoms with van der Waals surface area (Å²) < 4.78 is 0. The predicted molar refractivity (Wildman–Crippen MR) is 72.8 cm³/mol. The number of nitrogen functional groups attached to an aromatic ring is 1. The lowest BCUT2D eigenvalue weighted by molar-refractivity contribution is 0.102. The van der Waals surface area contributed by atoms with Gasteiger partial charge in [0.05, 0.1) is 16.3 Å². The van der Waals surface area contributed by atoms with E-state index in [-0.39, 0.29) is 5.91 Å². The fourth-order valence-electron chi connectivity index (χ4n) is 1.41. The molecule has 1 aromatic heterocycles. The van der Waals surface area contributed by atoms with E-state index in [2.05, 4.69) is 10.3 Å². The zero-order chi connectivity index (χ0) is 13.1. The lowest BCUT2D eigenvalue weighted by Gasteiger charge is -2.06. The third-order valence-electron chi connectivity index (χ3n) is 2.43. The monoisotopic (exact) mass is 261 g/mol. The fraction of sp³-hybridized carbons (Fsp3) is 0.0769. The van der Waals surface area contributed by atoms with E-state index in [1.54, 1.807) is 30.3 Å². The van der Waals surface area contributed by atoms with Crippen molar-refractivity contribution in [2.45, 2.75) is 6.92 Å². The smallest absolute Gasteiger partial charge is 0.257 e. The summed E-state index contributed by atoms with van der Waals surface area (Å²) in [7, 11) is 0. The predicted octanol–water partition coefficient (Wildman–Crippen LogP) is 2.88. The molecule has 5 heteroatoms. The average molecular weight is 262 g/mol. The molecule has 3 N–H and O–H groups in total. The molecule has 18 heavy (non-hydrogen) atoms. The molecule has 0 fully saturated rings. The number of carbonyl (C=O) groups excluding carboxylic acids is 1. The minimum atomic E-state index is -0.233. The number of halogens is 1. The van der Waals surface area contributed by atoms with Crippen molar-refractivity contribution in [2.75, 3.05) is 11.1 Å². The Morgan fingerprint density at radius 1 is 1.33 bits per heavy atom. The summed E-state index contributed by atoms with van der Waals surface area (Å²) in [6.45, 7) is 1.86. The number of amides is 1. The number of aromatic nitrogens is 1. The third-order valence-corrected chi connectivity index (χ3v) is 2.76. The van der Waals surface area contributed by atoms with Gasteiger partial charge in [-0.1, -0.05) is 11.6 Å². The highest BCUT2D eigenvalue weighted by atomic mass is 35.5. The topological polar surface area (TPSA) is 68.0 Å². The van der Waals surface area contributed by atoms with Crippen LogP contribution < -0.4 is 11.1 Å². The number of pyridine rings is 1. The van der Waals surface area contributed by atoms with Gasteiger partial charge in [0.25, 0.3) is 5.91 Å². The molecule has 1 aromatic carbocycles. The Bertz CT molecular complexity index is 581. The van der Waals surface area contributed by atoms with Gasteiger partial charge in [-0.3, -0.25) is 9.78 Å². The van der Waals surface area contributed by atoms with E-state index < -0.39 is 0 Å². The van der Waals surface area contributed by atoms with Crippen LogP contribution in [0.15, 0.2) is 36.5 Å². The quantitative estimate of drug-likeness (QED) is 0.817. The van der Waals surface area contributed by atoms with E-state index in [9.17, 15) is 4.79 Å². The molecule has 0 saturated carbocycles.